The third-order valence-corrected chi connectivity index (χ3v) is 3.94. The number of nitrogens with zero attached hydrogens (tertiary/aromatic N) is 2. The summed E-state index contributed by atoms with van der Waals surface area (Å²) in [4.78, 5) is 23.9. The normalized spacial score (nSPS) is 10.5. The second kappa shape index (κ2) is 7.88. The molecule has 0 bridgehead atoms. The van der Waals surface area contributed by atoms with E-state index in [2.05, 4.69) is 10.4 Å². The van der Waals surface area contributed by atoms with E-state index >= 15 is 0 Å². The average Bonchev–Trinajstić information content (AvgIpc) is 3.28. The number of hydrogen-bond acceptors (Lipinski definition) is 5. The quantitative estimate of drug-likeness (QED) is 0.670. The van der Waals surface area contributed by atoms with Crippen LogP contribution in [-0.4, -0.2) is 28.3 Å². The smallest absolute Gasteiger partial charge is 0.374 e. The molecule has 2 aromatic heterocycles. The molecule has 0 fully saturated rings. The number of carbonyl (C=O) groups is 2. The summed E-state index contributed by atoms with van der Waals surface area (Å²) in [5, 5.41) is 7.21. The zero-order valence-electron chi connectivity index (χ0n) is 13.9. The van der Waals surface area contributed by atoms with Crippen LogP contribution in [-0.2, 0) is 16.1 Å². The molecular weight excluding hydrogens is 358 g/mol. The number of esters is 1. The van der Waals surface area contributed by atoms with Crippen LogP contribution in [0.5, 0.6) is 0 Å². The molecule has 8 heteroatoms. The number of amides is 1. The van der Waals surface area contributed by atoms with Gasteiger partial charge in [-0.3, -0.25) is 9.48 Å². The number of benzene rings is 1. The van der Waals surface area contributed by atoms with Gasteiger partial charge in [0.1, 0.15) is 5.76 Å². The molecule has 0 spiro atoms. The molecule has 1 aromatic carbocycles. The summed E-state index contributed by atoms with van der Waals surface area (Å²) in [6.45, 7) is 1.83. The average molecular weight is 374 g/mol. The van der Waals surface area contributed by atoms with Crippen molar-refractivity contribution in [1.82, 2.24) is 9.78 Å². The zero-order valence-corrected chi connectivity index (χ0v) is 14.7. The number of rotatable bonds is 6. The van der Waals surface area contributed by atoms with Gasteiger partial charge in [-0.05, 0) is 42.8 Å². The van der Waals surface area contributed by atoms with Crippen LogP contribution >= 0.6 is 11.6 Å². The largest absolute Gasteiger partial charge is 0.452 e. The maximum Gasteiger partial charge on any atom is 0.374 e. The molecule has 26 heavy (non-hydrogen) atoms. The number of nitrogens with one attached hydrogen (secondary N) is 1. The standard InChI is InChI=1S/C18H16ClN3O4/c1-12-3-4-13(9-15(12)19)21-17(23)11-25-18(24)16-6-5-14(26-16)10-22-8-2-7-20-22/h2-9H,10-11H2,1H3,(H,21,23). The van der Waals surface area contributed by atoms with Crippen molar-refractivity contribution in [3.05, 3.63) is 70.9 Å². The highest BCUT2D eigenvalue weighted by Gasteiger charge is 2.15. The SMILES string of the molecule is Cc1ccc(NC(=O)COC(=O)c2ccc(Cn3cccn3)o2)cc1Cl. The molecule has 0 saturated carbocycles. The van der Waals surface area contributed by atoms with Gasteiger partial charge in [0, 0.05) is 23.1 Å². The molecule has 7 nitrogen and oxygen atoms in total. The molecule has 0 radical (unpaired) electrons. The zero-order chi connectivity index (χ0) is 18.5. The molecule has 0 unspecified atom stereocenters. The predicted molar refractivity (Wildman–Crippen MR) is 95.1 cm³/mol. The maximum atomic E-state index is 12.0. The molecule has 0 aliphatic heterocycles. The van der Waals surface area contributed by atoms with Crippen molar-refractivity contribution < 1.29 is 18.7 Å². The van der Waals surface area contributed by atoms with Gasteiger partial charge < -0.3 is 14.5 Å². The number of aryl methyl sites for hydroxylation is 1. The van der Waals surface area contributed by atoms with Gasteiger partial charge in [-0.15, -0.1) is 0 Å². The van der Waals surface area contributed by atoms with E-state index in [0.717, 1.165) is 5.56 Å². The highest BCUT2D eigenvalue weighted by molar-refractivity contribution is 6.31. The van der Waals surface area contributed by atoms with Crippen molar-refractivity contribution >= 4 is 29.2 Å². The van der Waals surface area contributed by atoms with E-state index in [1.165, 1.54) is 6.07 Å². The minimum atomic E-state index is -0.714. The fourth-order valence-corrected chi connectivity index (χ4v) is 2.38. The summed E-state index contributed by atoms with van der Waals surface area (Å²) in [5.41, 5.74) is 1.43. The van der Waals surface area contributed by atoms with E-state index in [1.807, 2.05) is 6.92 Å². The second-order valence-corrected chi connectivity index (χ2v) is 5.97. The molecule has 1 amide bonds. The number of halogens is 1. The minimum Gasteiger partial charge on any atom is -0.452 e. The summed E-state index contributed by atoms with van der Waals surface area (Å²) >= 11 is 6.00. The lowest BCUT2D eigenvalue weighted by Crippen LogP contribution is -2.20. The Bertz CT molecular complexity index is 918. The molecular formula is C18H16ClN3O4. The molecule has 1 N–H and O–H groups in total. The lowest BCUT2D eigenvalue weighted by molar-refractivity contribution is -0.119. The van der Waals surface area contributed by atoms with Crippen LogP contribution in [0, 0.1) is 6.92 Å². The summed E-state index contributed by atoms with van der Waals surface area (Å²) < 4.78 is 12.0. The summed E-state index contributed by atoms with van der Waals surface area (Å²) in [6.07, 6.45) is 3.43. The first kappa shape index (κ1) is 17.8. The fraction of sp³-hybridized carbons (Fsp3) is 0.167. The topological polar surface area (TPSA) is 86.4 Å². The van der Waals surface area contributed by atoms with Gasteiger partial charge in [-0.2, -0.15) is 5.10 Å². The lowest BCUT2D eigenvalue weighted by atomic mass is 10.2. The number of aromatic nitrogens is 2. The Balaban J connectivity index is 1.51. The molecule has 2 heterocycles. The van der Waals surface area contributed by atoms with E-state index in [4.69, 9.17) is 20.8 Å². The molecule has 0 aliphatic carbocycles. The van der Waals surface area contributed by atoms with E-state index < -0.39 is 18.5 Å². The summed E-state index contributed by atoms with van der Waals surface area (Å²) in [5.74, 6) is -0.604. The van der Waals surface area contributed by atoms with E-state index in [1.54, 1.807) is 47.4 Å². The number of anilines is 1. The van der Waals surface area contributed by atoms with Gasteiger partial charge in [-0.1, -0.05) is 17.7 Å². The Labute approximate surface area is 154 Å². The number of hydrogen-bond donors (Lipinski definition) is 1. The number of furan rings is 1. The number of carbonyl (C=O) groups excluding carboxylic acids is 2. The van der Waals surface area contributed by atoms with Gasteiger partial charge in [0.15, 0.2) is 6.61 Å². The Morgan fingerprint density at radius 2 is 2.15 bits per heavy atom. The van der Waals surface area contributed by atoms with Gasteiger partial charge in [0.2, 0.25) is 5.76 Å². The minimum absolute atomic E-state index is 0.0262. The van der Waals surface area contributed by atoms with Crippen LogP contribution in [0.4, 0.5) is 5.69 Å². The molecule has 3 rings (SSSR count). The fourth-order valence-electron chi connectivity index (χ4n) is 2.20. The Morgan fingerprint density at radius 3 is 2.88 bits per heavy atom. The Kier molecular flexibility index (Phi) is 5.38. The highest BCUT2D eigenvalue weighted by atomic mass is 35.5. The van der Waals surface area contributed by atoms with E-state index in [0.29, 0.717) is 23.0 Å². The van der Waals surface area contributed by atoms with Crippen molar-refractivity contribution in [3.63, 3.8) is 0 Å². The van der Waals surface area contributed by atoms with Gasteiger partial charge in [0.05, 0.1) is 6.54 Å². The van der Waals surface area contributed by atoms with Gasteiger partial charge in [0.25, 0.3) is 5.91 Å². The van der Waals surface area contributed by atoms with Crippen molar-refractivity contribution in [1.29, 1.82) is 0 Å². The van der Waals surface area contributed by atoms with E-state index in [9.17, 15) is 9.59 Å². The van der Waals surface area contributed by atoms with Crippen LogP contribution in [0.15, 0.2) is 53.2 Å². The van der Waals surface area contributed by atoms with Crippen LogP contribution in [0.25, 0.3) is 0 Å². The van der Waals surface area contributed by atoms with Crippen LogP contribution in [0.1, 0.15) is 21.9 Å². The number of ether oxygens (including phenoxy) is 1. The van der Waals surface area contributed by atoms with Crippen molar-refractivity contribution in [2.45, 2.75) is 13.5 Å². The first-order valence-electron chi connectivity index (χ1n) is 7.80. The lowest BCUT2D eigenvalue weighted by Gasteiger charge is -2.07. The molecule has 134 valence electrons. The molecule has 0 atom stereocenters. The maximum absolute atomic E-state index is 12.0. The first-order chi connectivity index (χ1) is 12.5. The van der Waals surface area contributed by atoms with Crippen molar-refractivity contribution in [2.75, 3.05) is 11.9 Å². The monoisotopic (exact) mass is 373 g/mol. The van der Waals surface area contributed by atoms with Crippen LogP contribution in [0.3, 0.4) is 0 Å². The van der Waals surface area contributed by atoms with Crippen molar-refractivity contribution in [3.8, 4) is 0 Å². The van der Waals surface area contributed by atoms with Crippen molar-refractivity contribution in [2.24, 2.45) is 0 Å². The van der Waals surface area contributed by atoms with Crippen LogP contribution < -0.4 is 5.32 Å². The highest BCUT2D eigenvalue weighted by Crippen LogP contribution is 2.19. The third kappa shape index (κ3) is 4.52. The molecule has 0 saturated heterocycles. The Hall–Kier alpha value is -3.06. The van der Waals surface area contributed by atoms with Gasteiger partial charge >= 0.3 is 5.97 Å². The summed E-state index contributed by atoms with van der Waals surface area (Å²) in [6, 6.07) is 10.1. The van der Waals surface area contributed by atoms with Gasteiger partial charge in [-0.25, -0.2) is 4.79 Å². The predicted octanol–water partition coefficient (Wildman–Crippen LogP) is 3.28. The summed E-state index contributed by atoms with van der Waals surface area (Å²) in [7, 11) is 0. The third-order valence-electron chi connectivity index (χ3n) is 3.53. The van der Waals surface area contributed by atoms with Crippen LogP contribution in [0.2, 0.25) is 5.02 Å². The molecule has 0 aliphatic rings. The first-order valence-corrected chi connectivity index (χ1v) is 8.18. The van der Waals surface area contributed by atoms with E-state index in [-0.39, 0.29) is 5.76 Å². The second-order valence-electron chi connectivity index (χ2n) is 5.56. The molecule has 3 aromatic rings. The Morgan fingerprint density at radius 1 is 1.31 bits per heavy atom.